The van der Waals surface area contributed by atoms with Crippen molar-refractivity contribution in [2.75, 3.05) is 11.4 Å². The maximum Gasteiger partial charge on any atom is 0.117 e. The molecule has 1 aliphatic rings. The number of allylic oxidation sites excluding steroid dienone is 4. The quantitative estimate of drug-likeness (QED) is 0.414. The Labute approximate surface area is 175 Å². The van der Waals surface area contributed by atoms with Gasteiger partial charge in [0.25, 0.3) is 0 Å². The van der Waals surface area contributed by atoms with Crippen LogP contribution < -0.4 is 4.90 Å². The fourth-order valence-corrected chi connectivity index (χ4v) is 5.43. The Kier molecular flexibility index (Phi) is 5.69. The molecule has 28 heavy (non-hydrogen) atoms. The normalized spacial score (nSPS) is 15.5. The van der Waals surface area contributed by atoms with E-state index in [1.54, 1.807) is 11.3 Å². The summed E-state index contributed by atoms with van der Waals surface area (Å²) in [6.45, 7) is 7.55. The number of anilines is 1. The predicted molar refractivity (Wildman–Crippen MR) is 125 cm³/mol. The summed E-state index contributed by atoms with van der Waals surface area (Å²) in [5, 5.41) is 2.34. The van der Waals surface area contributed by atoms with Gasteiger partial charge in [0.15, 0.2) is 0 Å². The third kappa shape index (κ3) is 4.08. The van der Waals surface area contributed by atoms with Crippen molar-refractivity contribution >= 4 is 45.1 Å². The van der Waals surface area contributed by atoms with Gasteiger partial charge in [-0.2, -0.15) is 0 Å². The lowest BCUT2D eigenvalue weighted by Gasteiger charge is -2.19. The summed E-state index contributed by atoms with van der Waals surface area (Å²) in [7, 11) is 0. The van der Waals surface area contributed by atoms with Gasteiger partial charge >= 0.3 is 0 Å². The molecule has 0 saturated carbocycles. The molecule has 2 nitrogen and oxygen atoms in total. The standard InChI is InChI=1S/C24H24N2S2/c1-4-14-26-20-13-11-18(3)16-22(20)28-24(26)9-7-5-6-8-23-25-19-12-10-17(2)15-21(19)27-23/h5-13,15-16H,4,14H2,1-3H3/b7-5+,8-6+,24-9-. The molecule has 3 aromatic rings. The minimum Gasteiger partial charge on any atom is -0.335 e. The van der Waals surface area contributed by atoms with Gasteiger partial charge in [0.1, 0.15) is 5.01 Å². The first-order valence-corrected chi connectivity index (χ1v) is 11.3. The highest BCUT2D eigenvalue weighted by Crippen LogP contribution is 2.46. The van der Waals surface area contributed by atoms with Crippen LogP contribution in [0.3, 0.4) is 0 Å². The molecular formula is C24H24N2S2. The first-order chi connectivity index (χ1) is 13.6. The average molecular weight is 405 g/mol. The van der Waals surface area contributed by atoms with Crippen LogP contribution in [-0.4, -0.2) is 11.5 Å². The second kappa shape index (κ2) is 8.38. The zero-order valence-corrected chi connectivity index (χ0v) is 18.1. The molecule has 0 unspecified atom stereocenters. The number of aromatic nitrogens is 1. The summed E-state index contributed by atoms with van der Waals surface area (Å²) < 4.78 is 1.25. The maximum absolute atomic E-state index is 4.67. The van der Waals surface area contributed by atoms with Gasteiger partial charge in [0.05, 0.1) is 20.9 Å². The summed E-state index contributed by atoms with van der Waals surface area (Å²) in [5.41, 5.74) is 5.00. The van der Waals surface area contributed by atoms with Crippen LogP contribution in [0.25, 0.3) is 16.3 Å². The summed E-state index contributed by atoms with van der Waals surface area (Å²) >= 11 is 3.59. The van der Waals surface area contributed by atoms with Gasteiger partial charge < -0.3 is 4.90 Å². The van der Waals surface area contributed by atoms with E-state index in [2.05, 4.69) is 97.4 Å². The molecular weight excluding hydrogens is 380 g/mol. The third-order valence-corrected chi connectivity index (χ3v) is 6.69. The molecule has 0 spiro atoms. The molecule has 0 radical (unpaired) electrons. The van der Waals surface area contributed by atoms with Crippen LogP contribution in [0.5, 0.6) is 0 Å². The molecule has 0 aliphatic carbocycles. The first-order valence-electron chi connectivity index (χ1n) is 9.62. The Morgan fingerprint density at radius 2 is 1.82 bits per heavy atom. The molecule has 0 fully saturated rings. The van der Waals surface area contributed by atoms with Gasteiger partial charge in [-0.3, -0.25) is 0 Å². The minimum atomic E-state index is 1.05. The largest absolute Gasteiger partial charge is 0.335 e. The molecule has 1 aromatic heterocycles. The number of aryl methyl sites for hydroxylation is 2. The Bertz CT molecular complexity index is 1090. The molecule has 2 heterocycles. The number of rotatable bonds is 5. The monoisotopic (exact) mass is 404 g/mol. The van der Waals surface area contributed by atoms with E-state index < -0.39 is 0 Å². The SMILES string of the molecule is CCCN1/C(=C/C=C/C=C/c2nc3ccc(C)cc3s2)Sc2cc(C)ccc21. The lowest BCUT2D eigenvalue weighted by atomic mass is 10.2. The zero-order valence-electron chi connectivity index (χ0n) is 16.5. The number of benzene rings is 2. The summed E-state index contributed by atoms with van der Waals surface area (Å²) in [5.74, 6) is 0. The molecule has 4 rings (SSSR count). The highest BCUT2D eigenvalue weighted by atomic mass is 32.2. The molecule has 142 valence electrons. The van der Waals surface area contributed by atoms with Crippen LogP contribution in [0.2, 0.25) is 0 Å². The van der Waals surface area contributed by atoms with Gasteiger partial charge in [-0.25, -0.2) is 4.98 Å². The van der Waals surface area contributed by atoms with E-state index >= 15 is 0 Å². The predicted octanol–water partition coefficient (Wildman–Crippen LogP) is 7.35. The van der Waals surface area contributed by atoms with Gasteiger partial charge in [0.2, 0.25) is 0 Å². The van der Waals surface area contributed by atoms with Crippen molar-refractivity contribution < 1.29 is 0 Å². The van der Waals surface area contributed by atoms with Gasteiger partial charge in [-0.15, -0.1) is 11.3 Å². The zero-order chi connectivity index (χ0) is 19.5. The van der Waals surface area contributed by atoms with Crippen molar-refractivity contribution in [1.82, 2.24) is 4.98 Å². The lowest BCUT2D eigenvalue weighted by molar-refractivity contribution is 0.873. The number of fused-ring (bicyclic) bond motifs is 2. The minimum absolute atomic E-state index is 1.05. The molecule has 0 N–H and O–H groups in total. The van der Waals surface area contributed by atoms with Gasteiger partial charge in [-0.1, -0.05) is 49.0 Å². The van der Waals surface area contributed by atoms with Crippen molar-refractivity contribution in [2.24, 2.45) is 0 Å². The summed E-state index contributed by atoms with van der Waals surface area (Å²) in [6, 6.07) is 13.1. The van der Waals surface area contributed by atoms with E-state index in [0.717, 1.165) is 23.5 Å². The van der Waals surface area contributed by atoms with Crippen molar-refractivity contribution in [1.29, 1.82) is 0 Å². The lowest BCUT2D eigenvalue weighted by Crippen LogP contribution is -2.18. The van der Waals surface area contributed by atoms with Gasteiger partial charge in [-0.05, 0) is 67.8 Å². The van der Waals surface area contributed by atoms with E-state index in [4.69, 9.17) is 0 Å². The van der Waals surface area contributed by atoms with E-state index in [9.17, 15) is 0 Å². The van der Waals surface area contributed by atoms with Crippen LogP contribution in [0.4, 0.5) is 5.69 Å². The smallest absolute Gasteiger partial charge is 0.117 e. The number of thioether (sulfide) groups is 1. The second-order valence-corrected chi connectivity index (χ2v) is 9.12. The molecule has 0 atom stereocenters. The second-order valence-electron chi connectivity index (χ2n) is 7.00. The van der Waals surface area contributed by atoms with Crippen molar-refractivity contribution in [2.45, 2.75) is 32.1 Å². The number of hydrogen-bond acceptors (Lipinski definition) is 4. The van der Waals surface area contributed by atoms with E-state index in [1.165, 1.54) is 31.4 Å². The topological polar surface area (TPSA) is 16.1 Å². The van der Waals surface area contributed by atoms with Crippen molar-refractivity contribution in [3.8, 4) is 0 Å². The van der Waals surface area contributed by atoms with E-state index in [-0.39, 0.29) is 0 Å². The van der Waals surface area contributed by atoms with Crippen LogP contribution in [0.1, 0.15) is 29.5 Å². The number of thiazole rings is 1. The Hall–Kier alpha value is -2.30. The number of nitrogens with zero attached hydrogens (tertiary/aromatic N) is 2. The van der Waals surface area contributed by atoms with Crippen LogP contribution in [-0.2, 0) is 0 Å². The number of hydrogen-bond donors (Lipinski definition) is 0. The van der Waals surface area contributed by atoms with Crippen LogP contribution in [0.15, 0.2) is 70.6 Å². The molecule has 1 aliphatic heterocycles. The molecule has 0 amide bonds. The fraction of sp³-hybridized carbons (Fsp3) is 0.208. The summed E-state index contributed by atoms with van der Waals surface area (Å²) in [6.07, 6.45) is 11.7. The molecule has 2 aromatic carbocycles. The molecule has 0 saturated heterocycles. The fourth-order valence-electron chi connectivity index (χ4n) is 3.25. The van der Waals surface area contributed by atoms with Crippen LogP contribution >= 0.6 is 23.1 Å². The Morgan fingerprint density at radius 3 is 2.68 bits per heavy atom. The Morgan fingerprint density at radius 1 is 1.00 bits per heavy atom. The summed E-state index contributed by atoms with van der Waals surface area (Å²) in [4.78, 5) is 8.45. The molecule has 0 bridgehead atoms. The third-order valence-electron chi connectivity index (χ3n) is 4.59. The van der Waals surface area contributed by atoms with Crippen molar-refractivity contribution in [3.05, 3.63) is 81.9 Å². The van der Waals surface area contributed by atoms with E-state index in [0.29, 0.717) is 0 Å². The highest BCUT2D eigenvalue weighted by Gasteiger charge is 2.23. The van der Waals surface area contributed by atoms with Crippen molar-refractivity contribution in [3.63, 3.8) is 0 Å². The molecule has 4 heteroatoms. The highest BCUT2D eigenvalue weighted by molar-refractivity contribution is 8.03. The Balaban J connectivity index is 1.48. The van der Waals surface area contributed by atoms with E-state index in [1.807, 2.05) is 11.8 Å². The average Bonchev–Trinajstić information content (AvgIpc) is 3.22. The van der Waals surface area contributed by atoms with Crippen LogP contribution in [0, 0.1) is 13.8 Å². The first kappa shape index (κ1) is 19.0. The van der Waals surface area contributed by atoms with Gasteiger partial charge in [0, 0.05) is 11.4 Å². The maximum atomic E-state index is 4.67.